The first-order chi connectivity index (χ1) is 12.7. The molecule has 1 fully saturated rings. The molecule has 1 aliphatic rings. The van der Waals surface area contributed by atoms with Crippen LogP contribution in [-0.2, 0) is 13.0 Å². The van der Waals surface area contributed by atoms with Gasteiger partial charge in [-0.25, -0.2) is 0 Å². The molecule has 1 saturated heterocycles. The van der Waals surface area contributed by atoms with Crippen molar-refractivity contribution in [3.8, 4) is 0 Å². The predicted molar refractivity (Wildman–Crippen MR) is 107 cm³/mol. The smallest absolute Gasteiger partial charge is 0.193 e. The number of aryl methyl sites for hydroxylation is 1. The van der Waals surface area contributed by atoms with E-state index >= 15 is 0 Å². The monoisotopic (exact) mass is 353 g/mol. The number of piperidine rings is 1. The van der Waals surface area contributed by atoms with Gasteiger partial charge in [-0.1, -0.05) is 30.3 Å². The zero-order valence-electron chi connectivity index (χ0n) is 16.1. The number of guanidine groups is 1. The standard InChI is InChI=1S/C21H31N5/c1-3-22-21(23-11-14-26-17-18(2)16-24-26)25-12-9-20(10-13-25)15-19-7-5-4-6-8-19/h4-8,16-17,20H,3,9-15H2,1-2H3,(H,22,23). The number of benzene rings is 1. The molecule has 0 radical (unpaired) electrons. The van der Waals surface area contributed by atoms with Crippen LogP contribution in [0.3, 0.4) is 0 Å². The number of aromatic nitrogens is 2. The summed E-state index contributed by atoms with van der Waals surface area (Å²) >= 11 is 0. The Kier molecular flexibility index (Phi) is 6.69. The molecular weight excluding hydrogens is 322 g/mol. The van der Waals surface area contributed by atoms with Gasteiger partial charge in [0.05, 0.1) is 19.3 Å². The first-order valence-electron chi connectivity index (χ1n) is 9.81. The summed E-state index contributed by atoms with van der Waals surface area (Å²) in [5.41, 5.74) is 2.66. The van der Waals surface area contributed by atoms with Gasteiger partial charge < -0.3 is 10.2 Å². The van der Waals surface area contributed by atoms with Crippen molar-refractivity contribution in [3.05, 3.63) is 53.9 Å². The second-order valence-electron chi connectivity index (χ2n) is 7.14. The van der Waals surface area contributed by atoms with Crippen LogP contribution in [0.4, 0.5) is 0 Å². The molecule has 5 nitrogen and oxygen atoms in total. The van der Waals surface area contributed by atoms with Gasteiger partial charge >= 0.3 is 0 Å². The van der Waals surface area contributed by atoms with Gasteiger partial charge in [-0.15, -0.1) is 0 Å². The molecule has 1 aliphatic heterocycles. The number of hydrogen-bond donors (Lipinski definition) is 1. The molecule has 0 atom stereocenters. The molecular formula is C21H31N5. The molecule has 1 aromatic carbocycles. The Hall–Kier alpha value is -2.30. The minimum absolute atomic E-state index is 0.757. The van der Waals surface area contributed by atoms with Crippen molar-refractivity contribution < 1.29 is 0 Å². The summed E-state index contributed by atoms with van der Waals surface area (Å²) in [7, 11) is 0. The molecule has 0 aliphatic carbocycles. The maximum absolute atomic E-state index is 4.82. The Balaban J connectivity index is 1.50. The Morgan fingerprint density at radius 1 is 1.23 bits per heavy atom. The highest BCUT2D eigenvalue weighted by Crippen LogP contribution is 2.21. The van der Waals surface area contributed by atoms with Crippen molar-refractivity contribution in [2.75, 3.05) is 26.2 Å². The molecule has 0 spiro atoms. The van der Waals surface area contributed by atoms with E-state index in [-0.39, 0.29) is 0 Å². The maximum Gasteiger partial charge on any atom is 0.193 e. The number of hydrogen-bond acceptors (Lipinski definition) is 2. The van der Waals surface area contributed by atoms with Gasteiger partial charge in [-0.05, 0) is 50.2 Å². The topological polar surface area (TPSA) is 45.5 Å². The molecule has 0 amide bonds. The van der Waals surface area contributed by atoms with Gasteiger partial charge in [0.2, 0.25) is 0 Å². The highest BCUT2D eigenvalue weighted by Gasteiger charge is 2.21. The van der Waals surface area contributed by atoms with Crippen molar-refractivity contribution in [2.45, 2.75) is 39.7 Å². The summed E-state index contributed by atoms with van der Waals surface area (Å²) in [5, 5.41) is 7.79. The Bertz CT molecular complexity index is 683. The van der Waals surface area contributed by atoms with Crippen LogP contribution < -0.4 is 5.32 Å². The number of nitrogens with zero attached hydrogens (tertiary/aromatic N) is 4. The Morgan fingerprint density at radius 3 is 2.65 bits per heavy atom. The van der Waals surface area contributed by atoms with Gasteiger partial charge in [-0.3, -0.25) is 9.67 Å². The zero-order valence-corrected chi connectivity index (χ0v) is 16.1. The summed E-state index contributed by atoms with van der Waals surface area (Å²) in [6, 6.07) is 10.9. The molecule has 2 aromatic rings. The van der Waals surface area contributed by atoms with E-state index in [4.69, 9.17) is 4.99 Å². The predicted octanol–water partition coefficient (Wildman–Crippen LogP) is 3.11. The lowest BCUT2D eigenvalue weighted by atomic mass is 9.90. The van der Waals surface area contributed by atoms with E-state index in [9.17, 15) is 0 Å². The van der Waals surface area contributed by atoms with E-state index in [1.807, 2.05) is 10.9 Å². The van der Waals surface area contributed by atoms with Crippen molar-refractivity contribution in [1.29, 1.82) is 0 Å². The third-order valence-electron chi connectivity index (χ3n) is 4.97. The van der Waals surface area contributed by atoms with E-state index in [2.05, 4.69) is 65.7 Å². The van der Waals surface area contributed by atoms with Gasteiger partial charge in [0.1, 0.15) is 0 Å². The lowest BCUT2D eigenvalue weighted by molar-refractivity contribution is 0.259. The fourth-order valence-electron chi connectivity index (χ4n) is 3.57. The van der Waals surface area contributed by atoms with E-state index in [0.717, 1.165) is 44.6 Å². The zero-order chi connectivity index (χ0) is 18.2. The summed E-state index contributed by atoms with van der Waals surface area (Å²) in [6.07, 6.45) is 7.63. The molecule has 5 heteroatoms. The Labute approximate surface area is 157 Å². The van der Waals surface area contributed by atoms with Crippen LogP contribution >= 0.6 is 0 Å². The van der Waals surface area contributed by atoms with Gasteiger partial charge in [0.15, 0.2) is 5.96 Å². The summed E-state index contributed by atoms with van der Waals surface area (Å²) in [6.45, 7) is 8.86. The molecule has 26 heavy (non-hydrogen) atoms. The van der Waals surface area contributed by atoms with E-state index in [0.29, 0.717) is 0 Å². The number of likely N-dealkylation sites (tertiary alicyclic amines) is 1. The second-order valence-corrected chi connectivity index (χ2v) is 7.14. The largest absolute Gasteiger partial charge is 0.357 e. The van der Waals surface area contributed by atoms with Crippen molar-refractivity contribution >= 4 is 5.96 Å². The number of aliphatic imine (C=N–C) groups is 1. The molecule has 0 bridgehead atoms. The summed E-state index contributed by atoms with van der Waals surface area (Å²) in [4.78, 5) is 7.24. The van der Waals surface area contributed by atoms with E-state index < -0.39 is 0 Å². The maximum atomic E-state index is 4.82. The first kappa shape index (κ1) is 18.5. The number of rotatable bonds is 6. The van der Waals surface area contributed by atoms with Crippen LogP contribution in [0.5, 0.6) is 0 Å². The number of nitrogens with one attached hydrogen (secondary N) is 1. The molecule has 140 valence electrons. The lowest BCUT2D eigenvalue weighted by Gasteiger charge is -2.34. The highest BCUT2D eigenvalue weighted by atomic mass is 15.3. The Morgan fingerprint density at radius 2 is 2.00 bits per heavy atom. The van der Waals surface area contributed by atoms with Crippen LogP contribution in [-0.4, -0.2) is 46.8 Å². The molecule has 2 heterocycles. The normalized spacial score (nSPS) is 16.1. The van der Waals surface area contributed by atoms with Crippen molar-refractivity contribution in [3.63, 3.8) is 0 Å². The SMILES string of the molecule is CCNC(=NCCn1cc(C)cn1)N1CCC(Cc2ccccc2)CC1. The molecule has 3 rings (SSSR count). The average molecular weight is 354 g/mol. The summed E-state index contributed by atoms with van der Waals surface area (Å²) < 4.78 is 1.97. The fourth-order valence-corrected chi connectivity index (χ4v) is 3.57. The van der Waals surface area contributed by atoms with E-state index in [1.165, 1.54) is 30.4 Å². The van der Waals surface area contributed by atoms with Crippen LogP contribution in [0.25, 0.3) is 0 Å². The molecule has 1 aromatic heterocycles. The van der Waals surface area contributed by atoms with Gasteiger partial charge in [-0.2, -0.15) is 5.10 Å². The fraction of sp³-hybridized carbons (Fsp3) is 0.524. The molecule has 1 N–H and O–H groups in total. The van der Waals surface area contributed by atoms with Crippen molar-refractivity contribution in [1.82, 2.24) is 20.0 Å². The minimum atomic E-state index is 0.757. The first-order valence-corrected chi connectivity index (χ1v) is 9.81. The molecule has 0 unspecified atom stereocenters. The van der Waals surface area contributed by atoms with Gasteiger partial charge in [0.25, 0.3) is 0 Å². The van der Waals surface area contributed by atoms with Crippen LogP contribution in [0.15, 0.2) is 47.7 Å². The van der Waals surface area contributed by atoms with Gasteiger partial charge in [0, 0.05) is 25.8 Å². The average Bonchev–Trinajstić information content (AvgIpc) is 3.08. The third-order valence-corrected chi connectivity index (χ3v) is 4.97. The van der Waals surface area contributed by atoms with Crippen LogP contribution in [0.1, 0.15) is 30.9 Å². The molecule has 0 saturated carbocycles. The highest BCUT2D eigenvalue weighted by molar-refractivity contribution is 5.80. The van der Waals surface area contributed by atoms with E-state index in [1.54, 1.807) is 0 Å². The van der Waals surface area contributed by atoms with Crippen molar-refractivity contribution in [2.24, 2.45) is 10.9 Å². The second kappa shape index (κ2) is 9.41. The third kappa shape index (κ3) is 5.35. The van der Waals surface area contributed by atoms with Crippen LogP contribution in [0.2, 0.25) is 0 Å². The van der Waals surface area contributed by atoms with Crippen LogP contribution in [0, 0.1) is 12.8 Å². The minimum Gasteiger partial charge on any atom is -0.357 e. The summed E-state index contributed by atoms with van der Waals surface area (Å²) in [5.74, 6) is 1.83. The lowest BCUT2D eigenvalue weighted by Crippen LogP contribution is -2.46. The quantitative estimate of drug-likeness (QED) is 0.641.